The topological polar surface area (TPSA) is 72.2 Å². The first kappa shape index (κ1) is 14.0. The zero-order valence-electron chi connectivity index (χ0n) is 10.6. The van der Waals surface area contributed by atoms with E-state index >= 15 is 0 Å². The molecule has 0 fully saturated rings. The maximum Gasteiger partial charge on any atom is 0.147 e. The summed E-state index contributed by atoms with van der Waals surface area (Å²) in [5.41, 5.74) is 4.27. The van der Waals surface area contributed by atoms with Gasteiger partial charge in [-0.25, -0.2) is 8.42 Å². The third-order valence-electron chi connectivity index (χ3n) is 3.32. The molecule has 0 aromatic carbocycles. The van der Waals surface area contributed by atoms with Crippen LogP contribution in [-0.2, 0) is 22.7 Å². The summed E-state index contributed by atoms with van der Waals surface area (Å²) in [5.74, 6) is 5.81. The number of thiophene rings is 1. The van der Waals surface area contributed by atoms with Crippen molar-refractivity contribution in [3.8, 4) is 0 Å². The Kier molecular flexibility index (Phi) is 4.42. The van der Waals surface area contributed by atoms with E-state index in [1.54, 1.807) is 0 Å². The lowest BCUT2D eigenvalue weighted by Gasteiger charge is -2.13. The van der Waals surface area contributed by atoms with Crippen LogP contribution in [0.15, 0.2) is 6.07 Å². The Balaban J connectivity index is 1.95. The van der Waals surface area contributed by atoms with Crippen molar-refractivity contribution in [3.63, 3.8) is 0 Å². The van der Waals surface area contributed by atoms with Gasteiger partial charge in [0.25, 0.3) is 0 Å². The second kappa shape index (κ2) is 5.69. The minimum Gasteiger partial charge on any atom is -0.271 e. The van der Waals surface area contributed by atoms with E-state index in [9.17, 15) is 8.42 Å². The van der Waals surface area contributed by atoms with Crippen LogP contribution in [0.5, 0.6) is 0 Å². The second-order valence-corrected chi connectivity index (χ2v) is 8.37. The molecule has 1 aromatic heterocycles. The smallest absolute Gasteiger partial charge is 0.147 e. The van der Waals surface area contributed by atoms with Gasteiger partial charge in [-0.15, -0.1) is 11.3 Å². The predicted octanol–water partition coefficient (Wildman–Crippen LogP) is 1.57. The van der Waals surface area contributed by atoms with Gasteiger partial charge in [-0.3, -0.25) is 11.3 Å². The Morgan fingerprint density at radius 1 is 1.50 bits per heavy atom. The molecule has 0 aliphatic heterocycles. The van der Waals surface area contributed by atoms with E-state index in [4.69, 9.17) is 5.84 Å². The van der Waals surface area contributed by atoms with Crippen molar-refractivity contribution in [2.45, 2.75) is 38.1 Å². The van der Waals surface area contributed by atoms with E-state index in [-0.39, 0.29) is 11.8 Å². The molecule has 0 spiro atoms. The van der Waals surface area contributed by atoms with E-state index in [0.29, 0.717) is 6.42 Å². The number of aryl methyl sites for hydroxylation is 2. The standard InChI is InChI=1S/C12H20N2O2S2/c1-18(15,16)7-3-5-10(14-13)12-8-9-4-2-6-11(9)17-12/h8,10,14H,2-7,13H2,1H3. The lowest BCUT2D eigenvalue weighted by atomic mass is 10.1. The summed E-state index contributed by atoms with van der Waals surface area (Å²) < 4.78 is 22.2. The Hall–Kier alpha value is -0.430. The lowest BCUT2D eigenvalue weighted by Crippen LogP contribution is -2.27. The SMILES string of the molecule is CS(=O)(=O)CCCC(NN)c1cc2c(s1)CCC2. The van der Waals surface area contributed by atoms with Crippen molar-refractivity contribution in [2.24, 2.45) is 5.84 Å². The van der Waals surface area contributed by atoms with Gasteiger partial charge in [-0.05, 0) is 43.7 Å². The molecular formula is C12H20N2O2S2. The summed E-state index contributed by atoms with van der Waals surface area (Å²) in [7, 11) is -2.87. The van der Waals surface area contributed by atoms with E-state index in [1.807, 2.05) is 11.3 Å². The van der Waals surface area contributed by atoms with Crippen molar-refractivity contribution in [3.05, 3.63) is 21.4 Å². The molecule has 0 saturated carbocycles. The fourth-order valence-corrected chi connectivity index (χ4v) is 4.42. The van der Waals surface area contributed by atoms with E-state index < -0.39 is 9.84 Å². The molecule has 102 valence electrons. The number of nitrogens with two attached hydrogens (primary N) is 1. The Morgan fingerprint density at radius 2 is 2.28 bits per heavy atom. The zero-order valence-corrected chi connectivity index (χ0v) is 12.2. The van der Waals surface area contributed by atoms with Gasteiger partial charge in [-0.1, -0.05) is 0 Å². The molecule has 0 saturated heterocycles. The molecule has 18 heavy (non-hydrogen) atoms. The number of hydrogen-bond donors (Lipinski definition) is 2. The predicted molar refractivity (Wildman–Crippen MR) is 75.4 cm³/mol. The van der Waals surface area contributed by atoms with E-state index in [2.05, 4.69) is 11.5 Å². The summed E-state index contributed by atoms with van der Waals surface area (Å²) in [6.45, 7) is 0. The Morgan fingerprint density at radius 3 is 2.89 bits per heavy atom. The van der Waals surface area contributed by atoms with Crippen LogP contribution in [0.1, 0.15) is 40.6 Å². The molecule has 0 amide bonds. The van der Waals surface area contributed by atoms with Gasteiger partial charge >= 0.3 is 0 Å². The summed E-state index contributed by atoms with van der Waals surface area (Å²) in [5, 5.41) is 0. The third kappa shape index (κ3) is 3.54. The number of sulfone groups is 1. The van der Waals surface area contributed by atoms with Crippen LogP contribution in [0.2, 0.25) is 0 Å². The lowest BCUT2D eigenvalue weighted by molar-refractivity contribution is 0.514. The molecule has 3 N–H and O–H groups in total. The molecule has 0 bridgehead atoms. The van der Waals surface area contributed by atoms with Crippen LogP contribution in [0.4, 0.5) is 0 Å². The van der Waals surface area contributed by atoms with Crippen molar-refractivity contribution in [2.75, 3.05) is 12.0 Å². The van der Waals surface area contributed by atoms with Gasteiger partial charge in [0, 0.05) is 21.8 Å². The molecule has 1 atom stereocenters. The maximum absolute atomic E-state index is 11.1. The largest absolute Gasteiger partial charge is 0.271 e. The summed E-state index contributed by atoms with van der Waals surface area (Å²) in [4.78, 5) is 2.73. The van der Waals surface area contributed by atoms with Crippen LogP contribution in [0, 0.1) is 0 Å². The van der Waals surface area contributed by atoms with Gasteiger partial charge in [0.2, 0.25) is 0 Å². The van der Waals surface area contributed by atoms with Crippen molar-refractivity contribution < 1.29 is 8.42 Å². The van der Waals surface area contributed by atoms with Gasteiger partial charge in [0.15, 0.2) is 0 Å². The van der Waals surface area contributed by atoms with Crippen LogP contribution in [0.25, 0.3) is 0 Å². The minimum atomic E-state index is -2.87. The first-order valence-corrected chi connectivity index (χ1v) is 9.12. The second-order valence-electron chi connectivity index (χ2n) is 4.94. The van der Waals surface area contributed by atoms with Crippen molar-refractivity contribution >= 4 is 21.2 Å². The van der Waals surface area contributed by atoms with Crippen LogP contribution < -0.4 is 11.3 Å². The average Bonchev–Trinajstić information content (AvgIpc) is 2.82. The number of rotatable bonds is 6. The fourth-order valence-electron chi connectivity index (χ4n) is 2.38. The highest BCUT2D eigenvalue weighted by molar-refractivity contribution is 7.90. The fraction of sp³-hybridized carbons (Fsp3) is 0.667. The molecule has 0 radical (unpaired) electrons. The van der Waals surface area contributed by atoms with Crippen LogP contribution in [-0.4, -0.2) is 20.4 Å². The van der Waals surface area contributed by atoms with Gasteiger partial charge < -0.3 is 0 Å². The van der Waals surface area contributed by atoms with Crippen LogP contribution in [0.3, 0.4) is 0 Å². The van der Waals surface area contributed by atoms with Crippen molar-refractivity contribution in [1.82, 2.24) is 5.43 Å². The normalized spacial score (nSPS) is 16.8. The van der Waals surface area contributed by atoms with E-state index in [1.165, 1.54) is 40.8 Å². The molecule has 2 rings (SSSR count). The average molecular weight is 288 g/mol. The number of hydrazine groups is 1. The zero-order chi connectivity index (χ0) is 13.2. The number of hydrogen-bond acceptors (Lipinski definition) is 5. The molecule has 1 unspecified atom stereocenters. The minimum absolute atomic E-state index is 0.0855. The van der Waals surface area contributed by atoms with Crippen molar-refractivity contribution in [1.29, 1.82) is 0 Å². The third-order valence-corrected chi connectivity index (χ3v) is 5.70. The molecule has 6 heteroatoms. The molecule has 1 heterocycles. The summed E-state index contributed by atoms with van der Waals surface area (Å²) in [6.07, 6.45) is 6.31. The molecule has 1 aromatic rings. The molecule has 1 aliphatic carbocycles. The quantitative estimate of drug-likeness (QED) is 0.615. The summed E-state index contributed by atoms with van der Waals surface area (Å²) in [6, 6.07) is 2.32. The highest BCUT2D eigenvalue weighted by atomic mass is 32.2. The Labute approximate surface area is 112 Å². The number of fused-ring (bicyclic) bond motifs is 1. The first-order valence-electron chi connectivity index (χ1n) is 6.25. The van der Waals surface area contributed by atoms with Gasteiger partial charge in [-0.2, -0.15) is 0 Å². The highest BCUT2D eigenvalue weighted by Gasteiger charge is 2.19. The molecule has 1 aliphatic rings. The van der Waals surface area contributed by atoms with Gasteiger partial charge in [0.05, 0.1) is 6.04 Å². The molecule has 4 nitrogen and oxygen atoms in total. The van der Waals surface area contributed by atoms with Gasteiger partial charge in [0.1, 0.15) is 9.84 Å². The maximum atomic E-state index is 11.1. The van der Waals surface area contributed by atoms with Crippen LogP contribution >= 0.6 is 11.3 Å². The highest BCUT2D eigenvalue weighted by Crippen LogP contribution is 2.34. The monoisotopic (exact) mass is 288 g/mol. The Bertz CT molecular complexity index is 487. The first-order chi connectivity index (χ1) is 8.49. The molecular weight excluding hydrogens is 268 g/mol. The van der Waals surface area contributed by atoms with E-state index in [0.717, 1.165) is 6.42 Å². The summed E-state index contributed by atoms with van der Waals surface area (Å²) >= 11 is 1.82. The number of nitrogens with one attached hydrogen (secondary N) is 1.